The Labute approximate surface area is 171 Å². The van der Waals surface area contributed by atoms with Crippen LogP contribution in [0.3, 0.4) is 0 Å². The van der Waals surface area contributed by atoms with Gasteiger partial charge in [0.2, 0.25) is 0 Å². The van der Waals surface area contributed by atoms with E-state index in [-0.39, 0.29) is 18.1 Å². The molecule has 2 aromatic rings. The lowest BCUT2D eigenvalue weighted by atomic mass is 9.98. The quantitative estimate of drug-likeness (QED) is 0.741. The average molecular weight is 454 g/mol. The van der Waals surface area contributed by atoms with E-state index in [0.717, 1.165) is 55.5 Å². The molecule has 6 nitrogen and oxygen atoms in total. The number of amides is 1. The first-order valence-corrected chi connectivity index (χ1v) is 10.5. The number of fused-ring (bicyclic) bond motifs is 1. The van der Waals surface area contributed by atoms with Gasteiger partial charge in [0.25, 0.3) is 5.91 Å². The van der Waals surface area contributed by atoms with E-state index in [1.54, 1.807) is 6.07 Å². The number of aliphatic hydroxyl groups excluding tert-OH is 1. The van der Waals surface area contributed by atoms with Crippen LogP contribution in [0.15, 0.2) is 28.7 Å². The van der Waals surface area contributed by atoms with Gasteiger partial charge in [-0.3, -0.25) is 14.4 Å². The zero-order chi connectivity index (χ0) is 19.0. The van der Waals surface area contributed by atoms with Gasteiger partial charge in [-0.05, 0) is 59.8 Å². The van der Waals surface area contributed by atoms with Crippen LogP contribution < -0.4 is 5.32 Å². The maximum Gasteiger partial charge on any atom is 0.276 e. The number of carbonyl (C=O) groups is 1. The number of halogens is 2. The van der Waals surface area contributed by atoms with Gasteiger partial charge in [0.1, 0.15) is 0 Å². The Morgan fingerprint density at radius 1 is 1.26 bits per heavy atom. The number of benzene rings is 1. The van der Waals surface area contributed by atoms with Crippen LogP contribution in [0.4, 0.5) is 5.69 Å². The molecule has 1 unspecified atom stereocenters. The van der Waals surface area contributed by atoms with Crippen molar-refractivity contribution in [1.29, 1.82) is 0 Å². The molecule has 1 amide bonds. The predicted octanol–water partition coefficient (Wildman–Crippen LogP) is 3.84. The summed E-state index contributed by atoms with van der Waals surface area (Å²) in [7, 11) is 0. The molecule has 1 aromatic carbocycles. The average Bonchev–Trinajstić information content (AvgIpc) is 3.11. The monoisotopic (exact) mass is 452 g/mol. The molecule has 3 heterocycles. The standard InChI is InChI=1S/C19H22BrClN4O2/c20-13-3-1-4-14(18(13)21)22-19(27)15-11-17-16(5-2-8-25(17)23-15)24-9-6-12(26)7-10-24/h1,3-4,11-12,16,26H,2,5-10H2,(H,22,27). The minimum absolute atomic E-state index is 0.189. The van der Waals surface area contributed by atoms with Crippen LogP contribution in [-0.4, -0.2) is 44.9 Å². The molecular weight excluding hydrogens is 432 g/mol. The van der Waals surface area contributed by atoms with Crippen LogP contribution in [0.2, 0.25) is 5.02 Å². The topological polar surface area (TPSA) is 70.4 Å². The third-order valence-electron chi connectivity index (χ3n) is 5.37. The summed E-state index contributed by atoms with van der Waals surface area (Å²) in [4.78, 5) is 15.1. The van der Waals surface area contributed by atoms with Crippen molar-refractivity contribution in [1.82, 2.24) is 14.7 Å². The molecule has 1 saturated heterocycles. The molecule has 27 heavy (non-hydrogen) atoms. The van der Waals surface area contributed by atoms with E-state index >= 15 is 0 Å². The number of nitrogens with zero attached hydrogens (tertiary/aromatic N) is 3. The van der Waals surface area contributed by atoms with Gasteiger partial charge in [-0.2, -0.15) is 5.10 Å². The number of carbonyl (C=O) groups excluding carboxylic acids is 1. The van der Waals surface area contributed by atoms with Crippen molar-refractivity contribution < 1.29 is 9.90 Å². The zero-order valence-corrected chi connectivity index (χ0v) is 17.2. The highest BCUT2D eigenvalue weighted by Gasteiger charge is 2.31. The molecule has 2 aliphatic heterocycles. The van der Waals surface area contributed by atoms with Crippen molar-refractivity contribution in [3.8, 4) is 0 Å². The van der Waals surface area contributed by atoms with Gasteiger partial charge in [-0.1, -0.05) is 17.7 Å². The van der Waals surface area contributed by atoms with Gasteiger partial charge in [-0.25, -0.2) is 0 Å². The van der Waals surface area contributed by atoms with Gasteiger partial charge in [0, 0.05) is 24.1 Å². The molecule has 0 spiro atoms. The van der Waals surface area contributed by atoms with E-state index in [2.05, 4.69) is 31.2 Å². The second-order valence-electron chi connectivity index (χ2n) is 7.16. The lowest BCUT2D eigenvalue weighted by molar-refractivity contribution is 0.0512. The van der Waals surface area contributed by atoms with E-state index in [4.69, 9.17) is 11.6 Å². The third kappa shape index (κ3) is 3.92. The van der Waals surface area contributed by atoms with Gasteiger partial charge in [0.15, 0.2) is 5.69 Å². The first kappa shape index (κ1) is 18.9. The number of likely N-dealkylation sites (tertiary alicyclic amines) is 1. The van der Waals surface area contributed by atoms with Gasteiger partial charge >= 0.3 is 0 Å². The number of aryl methyl sites for hydroxylation is 1. The Bertz CT molecular complexity index is 848. The predicted molar refractivity (Wildman–Crippen MR) is 108 cm³/mol. The molecule has 0 saturated carbocycles. The number of piperidine rings is 1. The van der Waals surface area contributed by atoms with Crippen molar-refractivity contribution in [2.75, 3.05) is 18.4 Å². The van der Waals surface area contributed by atoms with Crippen LogP contribution in [-0.2, 0) is 6.54 Å². The van der Waals surface area contributed by atoms with Crippen LogP contribution >= 0.6 is 27.5 Å². The number of nitrogens with one attached hydrogen (secondary N) is 1. The summed E-state index contributed by atoms with van der Waals surface area (Å²) in [5.41, 5.74) is 2.05. The Balaban J connectivity index is 1.54. The molecule has 8 heteroatoms. The summed E-state index contributed by atoms with van der Waals surface area (Å²) in [6.07, 6.45) is 3.52. The molecule has 2 aliphatic rings. The highest BCUT2D eigenvalue weighted by Crippen LogP contribution is 2.34. The maximum atomic E-state index is 12.7. The van der Waals surface area contributed by atoms with Gasteiger partial charge < -0.3 is 10.4 Å². The molecule has 0 radical (unpaired) electrons. The van der Waals surface area contributed by atoms with Crippen molar-refractivity contribution >= 4 is 39.1 Å². The Morgan fingerprint density at radius 3 is 2.81 bits per heavy atom. The molecule has 1 fully saturated rings. The minimum Gasteiger partial charge on any atom is -0.393 e. The highest BCUT2D eigenvalue weighted by atomic mass is 79.9. The van der Waals surface area contributed by atoms with Gasteiger partial charge in [-0.15, -0.1) is 0 Å². The fourth-order valence-electron chi connectivity index (χ4n) is 3.93. The Kier molecular flexibility index (Phi) is 5.55. The van der Waals surface area contributed by atoms with Crippen LogP contribution in [0.5, 0.6) is 0 Å². The summed E-state index contributed by atoms with van der Waals surface area (Å²) in [6.45, 7) is 2.59. The summed E-state index contributed by atoms with van der Waals surface area (Å²) in [6, 6.07) is 7.58. The Morgan fingerprint density at radius 2 is 2.04 bits per heavy atom. The number of rotatable bonds is 3. The van der Waals surface area contributed by atoms with E-state index in [9.17, 15) is 9.90 Å². The zero-order valence-electron chi connectivity index (χ0n) is 14.9. The summed E-state index contributed by atoms with van der Waals surface area (Å²) < 4.78 is 2.69. The van der Waals surface area contributed by atoms with Gasteiger partial charge in [0.05, 0.1) is 28.5 Å². The second kappa shape index (κ2) is 7.91. The normalized spacial score (nSPS) is 21.1. The highest BCUT2D eigenvalue weighted by molar-refractivity contribution is 9.10. The molecule has 2 N–H and O–H groups in total. The third-order valence-corrected chi connectivity index (χ3v) is 6.67. The smallest absolute Gasteiger partial charge is 0.276 e. The largest absolute Gasteiger partial charge is 0.393 e. The summed E-state index contributed by atoms with van der Waals surface area (Å²) in [5, 5.41) is 17.6. The molecule has 144 valence electrons. The second-order valence-corrected chi connectivity index (χ2v) is 8.39. The van der Waals surface area contributed by atoms with Crippen LogP contribution in [0.25, 0.3) is 0 Å². The first-order valence-electron chi connectivity index (χ1n) is 9.28. The summed E-state index contributed by atoms with van der Waals surface area (Å²) in [5.74, 6) is -0.260. The number of aliphatic hydroxyl groups is 1. The van der Waals surface area contributed by atoms with Crippen molar-refractivity contribution in [2.24, 2.45) is 0 Å². The number of aromatic nitrogens is 2. The van der Waals surface area contributed by atoms with Crippen LogP contribution in [0.1, 0.15) is 47.9 Å². The fraction of sp³-hybridized carbons (Fsp3) is 0.474. The lowest BCUT2D eigenvalue weighted by Gasteiger charge is -2.38. The van der Waals surface area contributed by atoms with Crippen molar-refractivity contribution in [3.63, 3.8) is 0 Å². The number of hydrogen-bond donors (Lipinski definition) is 2. The first-order chi connectivity index (χ1) is 13.0. The van der Waals surface area contributed by atoms with Crippen molar-refractivity contribution in [3.05, 3.63) is 45.1 Å². The molecular formula is C19H22BrClN4O2. The molecule has 0 aliphatic carbocycles. The molecule has 1 aromatic heterocycles. The SMILES string of the molecule is O=C(Nc1cccc(Br)c1Cl)c1cc2n(n1)CCCC2N1CCC(O)CC1. The number of anilines is 1. The number of hydrogen-bond acceptors (Lipinski definition) is 4. The Hall–Kier alpha value is -1.41. The molecule has 1 atom stereocenters. The van der Waals surface area contributed by atoms with E-state index < -0.39 is 0 Å². The molecule has 4 rings (SSSR count). The van der Waals surface area contributed by atoms with E-state index in [1.807, 2.05) is 22.9 Å². The fourth-order valence-corrected chi connectivity index (χ4v) is 4.47. The van der Waals surface area contributed by atoms with Crippen molar-refractivity contribution in [2.45, 2.75) is 44.4 Å². The van der Waals surface area contributed by atoms with E-state index in [1.165, 1.54) is 0 Å². The van der Waals surface area contributed by atoms with E-state index in [0.29, 0.717) is 16.4 Å². The van der Waals surface area contributed by atoms with Crippen LogP contribution in [0, 0.1) is 0 Å². The molecule has 0 bridgehead atoms. The summed E-state index contributed by atoms with van der Waals surface area (Å²) >= 11 is 9.62. The minimum atomic E-state index is -0.260. The maximum absolute atomic E-state index is 12.7. The lowest BCUT2D eigenvalue weighted by Crippen LogP contribution is -2.40.